The number of allylic oxidation sites excluding steroid dienone is 2. The van der Waals surface area contributed by atoms with Gasteiger partial charge in [0.05, 0.1) is 5.56 Å². The minimum Gasteiger partial charge on any atom is -0.508 e. The molecule has 0 bridgehead atoms. The van der Waals surface area contributed by atoms with Crippen molar-refractivity contribution in [2.75, 3.05) is 0 Å². The van der Waals surface area contributed by atoms with Crippen LogP contribution in [0.1, 0.15) is 77.2 Å². The molecule has 3 aliphatic carbocycles. The molecule has 4 aliphatic rings. The van der Waals surface area contributed by atoms with E-state index in [2.05, 4.69) is 19.1 Å². The number of hydrogen-bond acceptors (Lipinski definition) is 12. The third-order valence-corrected chi connectivity index (χ3v) is 10.9. The average molecular weight is 711 g/mol. The summed E-state index contributed by atoms with van der Waals surface area (Å²) in [6, 6.07) is 13.9. The number of Topliss-reactive ketones (excluding diaryl/α,β-unsaturated/α-hetero) is 1. The van der Waals surface area contributed by atoms with E-state index in [-0.39, 0.29) is 46.0 Å². The average Bonchev–Trinajstić information content (AvgIpc) is 3.41. The van der Waals surface area contributed by atoms with Gasteiger partial charge in [0.2, 0.25) is 0 Å². The zero-order valence-electron chi connectivity index (χ0n) is 28.1. The lowest BCUT2D eigenvalue weighted by molar-refractivity contribution is -0.126. The highest BCUT2D eigenvalue weighted by atomic mass is 16.6. The molecule has 1 heterocycles. The predicted octanol–water partition coefficient (Wildman–Crippen LogP) is 6.27. The summed E-state index contributed by atoms with van der Waals surface area (Å²) in [7, 11) is 0. The second-order valence-corrected chi connectivity index (χ2v) is 14.1. The zero-order valence-corrected chi connectivity index (χ0v) is 28.1. The van der Waals surface area contributed by atoms with Crippen molar-refractivity contribution in [1.29, 1.82) is 0 Å². The Morgan fingerprint density at radius 3 is 2.29 bits per heavy atom. The van der Waals surface area contributed by atoms with Crippen molar-refractivity contribution in [1.82, 2.24) is 0 Å². The molecular formula is C40H38O12. The van der Waals surface area contributed by atoms with E-state index in [4.69, 9.17) is 9.47 Å². The van der Waals surface area contributed by atoms with Crippen LogP contribution >= 0.6 is 0 Å². The van der Waals surface area contributed by atoms with E-state index in [0.29, 0.717) is 28.9 Å². The molecule has 4 aromatic carbocycles. The largest absolute Gasteiger partial charge is 0.508 e. The quantitative estimate of drug-likeness (QED) is 0.0672. The Morgan fingerprint density at radius 2 is 1.56 bits per heavy atom. The molecule has 0 saturated heterocycles. The Kier molecular flexibility index (Phi) is 8.56. The Labute approximate surface area is 298 Å². The molecule has 4 aromatic rings. The van der Waals surface area contributed by atoms with Gasteiger partial charge < -0.3 is 50.3 Å². The summed E-state index contributed by atoms with van der Waals surface area (Å²) in [5, 5.41) is 77.9. The fourth-order valence-electron chi connectivity index (χ4n) is 8.21. The van der Waals surface area contributed by atoms with Gasteiger partial charge in [-0.2, -0.15) is 0 Å². The highest BCUT2D eigenvalue weighted by molar-refractivity contribution is 5.91. The minimum absolute atomic E-state index is 0.0461. The summed E-state index contributed by atoms with van der Waals surface area (Å²) in [6.45, 7) is 2.18. The second kappa shape index (κ2) is 12.9. The van der Waals surface area contributed by atoms with Crippen molar-refractivity contribution in [3.63, 3.8) is 0 Å². The number of ether oxygens (including phenoxy) is 2. The smallest absolute Gasteiger partial charge is 0.338 e. The number of fused-ring (bicyclic) bond motifs is 6. The highest BCUT2D eigenvalue weighted by Crippen LogP contribution is 2.58. The molecule has 8 rings (SSSR count). The number of aromatic hydroxyl groups is 8. The Balaban J connectivity index is 0.000000179. The SMILES string of the molecule is CC12CCC3C(=CCc4cc(O)ccc43)C1CCC2=O.O=C(OC1Cc2c(O)cc(O)cc2OC1c1ccc(O)c(O)c1)c1cc(O)c(O)c(O)c1. The first-order valence-electron chi connectivity index (χ1n) is 17.0. The van der Waals surface area contributed by atoms with Crippen LogP contribution in [0.5, 0.6) is 51.7 Å². The zero-order chi connectivity index (χ0) is 37.1. The first kappa shape index (κ1) is 34.4. The fraction of sp³-hybridized carbons (Fsp3) is 0.300. The van der Waals surface area contributed by atoms with Crippen LogP contribution in [-0.2, 0) is 22.4 Å². The van der Waals surface area contributed by atoms with Gasteiger partial charge in [0.15, 0.2) is 34.9 Å². The monoisotopic (exact) mass is 710 g/mol. The lowest BCUT2D eigenvalue weighted by Gasteiger charge is -2.43. The third-order valence-electron chi connectivity index (χ3n) is 10.9. The van der Waals surface area contributed by atoms with Crippen molar-refractivity contribution in [2.45, 2.75) is 63.6 Å². The van der Waals surface area contributed by atoms with E-state index in [1.807, 2.05) is 6.07 Å². The van der Waals surface area contributed by atoms with Gasteiger partial charge in [-0.05, 0) is 79.1 Å². The summed E-state index contributed by atoms with van der Waals surface area (Å²) in [5.74, 6) is -2.67. The maximum absolute atomic E-state index is 12.7. The second-order valence-electron chi connectivity index (χ2n) is 14.1. The predicted molar refractivity (Wildman–Crippen MR) is 185 cm³/mol. The maximum atomic E-state index is 12.7. The van der Waals surface area contributed by atoms with Gasteiger partial charge in [0.25, 0.3) is 0 Å². The number of hydrogen-bond donors (Lipinski definition) is 8. The van der Waals surface area contributed by atoms with Gasteiger partial charge >= 0.3 is 5.97 Å². The topological polar surface area (TPSA) is 214 Å². The molecule has 270 valence electrons. The molecule has 12 heteroatoms. The van der Waals surface area contributed by atoms with Crippen molar-refractivity contribution < 1.29 is 59.9 Å². The number of phenols is 8. The van der Waals surface area contributed by atoms with Crippen LogP contribution < -0.4 is 4.74 Å². The van der Waals surface area contributed by atoms with Gasteiger partial charge in [-0.15, -0.1) is 0 Å². The molecule has 5 atom stereocenters. The molecule has 0 radical (unpaired) electrons. The number of carbonyl (C=O) groups excluding carboxylic acids is 2. The Hall–Kier alpha value is -6.04. The van der Waals surface area contributed by atoms with E-state index in [0.717, 1.165) is 50.3 Å². The van der Waals surface area contributed by atoms with Crippen molar-refractivity contribution in [3.05, 3.63) is 100 Å². The minimum atomic E-state index is -1.06. The van der Waals surface area contributed by atoms with Crippen LogP contribution in [0.3, 0.4) is 0 Å². The molecule has 2 fully saturated rings. The number of benzene rings is 4. The lowest BCUT2D eigenvalue weighted by atomic mass is 9.60. The molecule has 52 heavy (non-hydrogen) atoms. The molecule has 0 aromatic heterocycles. The van der Waals surface area contributed by atoms with Crippen LogP contribution in [0.15, 0.2) is 72.3 Å². The fourth-order valence-corrected chi connectivity index (χ4v) is 8.21. The lowest BCUT2D eigenvalue weighted by Crippen LogP contribution is -2.37. The number of phenolic OH excluding ortho intramolecular Hbond substituents is 8. The van der Waals surface area contributed by atoms with Crippen LogP contribution in [0.4, 0.5) is 0 Å². The van der Waals surface area contributed by atoms with Crippen LogP contribution in [-0.4, -0.2) is 58.7 Å². The third kappa shape index (κ3) is 6.03. The molecule has 0 amide bonds. The highest BCUT2D eigenvalue weighted by Gasteiger charge is 2.52. The Bertz CT molecular complexity index is 2110. The summed E-state index contributed by atoms with van der Waals surface area (Å²) in [6.07, 6.45) is 4.99. The molecule has 8 N–H and O–H groups in total. The normalized spacial score (nSPS) is 24.1. The summed E-state index contributed by atoms with van der Waals surface area (Å²) in [4.78, 5) is 24.9. The Morgan fingerprint density at radius 1 is 0.808 bits per heavy atom. The molecular weight excluding hydrogens is 672 g/mol. The number of carbonyl (C=O) groups is 2. The van der Waals surface area contributed by atoms with Crippen molar-refractivity contribution in [3.8, 4) is 51.7 Å². The van der Waals surface area contributed by atoms with E-state index in [9.17, 15) is 50.4 Å². The maximum Gasteiger partial charge on any atom is 0.338 e. The van der Waals surface area contributed by atoms with Gasteiger partial charge in [0, 0.05) is 47.4 Å². The van der Waals surface area contributed by atoms with E-state index in [1.165, 1.54) is 41.0 Å². The summed E-state index contributed by atoms with van der Waals surface area (Å²) in [5.41, 5.74) is 4.36. The first-order valence-corrected chi connectivity index (χ1v) is 17.0. The van der Waals surface area contributed by atoms with Crippen LogP contribution in [0.2, 0.25) is 0 Å². The van der Waals surface area contributed by atoms with Gasteiger partial charge in [-0.25, -0.2) is 4.79 Å². The summed E-state index contributed by atoms with van der Waals surface area (Å²) < 4.78 is 11.4. The molecule has 1 aliphatic heterocycles. The standard InChI is InChI=1S/C22H18O10.C18H20O2/c23-11-6-14(25)12-8-19(32-22(30)10-4-16(27)20(29)17(28)5-10)21(31-18(12)7-11)9-1-2-13(24)15(26)3-9;1-18-9-8-14-13-5-3-12(19)10-11(13)2-4-15(14)16(18)6-7-17(18)20/h1-7,19,21,23-29H,8H2;3-5,10,14,16,19H,2,6-9H2,1H3. The molecule has 12 nitrogen and oxygen atoms in total. The number of esters is 1. The molecule has 5 unspecified atom stereocenters. The molecule has 2 saturated carbocycles. The van der Waals surface area contributed by atoms with Crippen LogP contribution in [0.25, 0.3) is 0 Å². The van der Waals surface area contributed by atoms with E-state index in [1.54, 1.807) is 6.07 Å². The van der Waals surface area contributed by atoms with Gasteiger partial charge in [-0.1, -0.05) is 30.7 Å². The first-order chi connectivity index (χ1) is 24.7. The van der Waals surface area contributed by atoms with Gasteiger partial charge in [-0.3, -0.25) is 4.79 Å². The number of rotatable bonds is 3. The van der Waals surface area contributed by atoms with Crippen molar-refractivity contribution >= 4 is 11.8 Å². The molecule has 0 spiro atoms. The number of ketones is 1. The van der Waals surface area contributed by atoms with Crippen molar-refractivity contribution in [2.24, 2.45) is 11.3 Å². The van der Waals surface area contributed by atoms with Crippen LogP contribution in [0, 0.1) is 11.3 Å². The summed E-state index contributed by atoms with van der Waals surface area (Å²) >= 11 is 0. The van der Waals surface area contributed by atoms with Gasteiger partial charge in [0.1, 0.15) is 34.9 Å². The van der Waals surface area contributed by atoms with E-state index >= 15 is 0 Å². The van der Waals surface area contributed by atoms with E-state index < -0.39 is 41.2 Å².